The second-order valence-electron chi connectivity index (χ2n) is 6.16. The van der Waals surface area contributed by atoms with Crippen LogP contribution in [0.25, 0.3) is 0 Å². The Morgan fingerprint density at radius 1 is 1.17 bits per heavy atom. The minimum Gasteiger partial charge on any atom is -0.466 e. The monoisotopic (exact) mass is 396 g/mol. The van der Waals surface area contributed by atoms with Crippen molar-refractivity contribution >= 4 is 17.6 Å². The fourth-order valence-corrected chi connectivity index (χ4v) is 2.85. The van der Waals surface area contributed by atoms with Crippen molar-refractivity contribution in [2.24, 2.45) is 0 Å². The molecule has 1 aromatic rings. The maximum absolute atomic E-state index is 12.8. The summed E-state index contributed by atoms with van der Waals surface area (Å²) in [6, 6.07) is 8.76. The lowest BCUT2D eigenvalue weighted by atomic mass is 9.80. The van der Waals surface area contributed by atoms with Crippen molar-refractivity contribution in [2.75, 3.05) is 7.11 Å². The highest BCUT2D eigenvalue weighted by Crippen LogP contribution is 2.40. The molecule has 1 unspecified atom stereocenters. The van der Waals surface area contributed by atoms with Crippen molar-refractivity contribution < 1.29 is 24.0 Å². The number of nitro groups is 1. The number of rotatable bonds is 5. The predicted octanol–water partition coefficient (Wildman–Crippen LogP) is 1.96. The van der Waals surface area contributed by atoms with Crippen LogP contribution in [0.1, 0.15) is 25.3 Å². The van der Waals surface area contributed by atoms with E-state index in [1.54, 1.807) is 26.0 Å². The van der Waals surface area contributed by atoms with Gasteiger partial charge >= 0.3 is 11.9 Å². The molecule has 0 amide bonds. The number of benzene rings is 1. The van der Waals surface area contributed by atoms with Gasteiger partial charge in [-0.25, -0.2) is 9.59 Å². The summed E-state index contributed by atoms with van der Waals surface area (Å²) < 4.78 is 9.95. The van der Waals surface area contributed by atoms with Crippen LogP contribution in [0.15, 0.2) is 46.8 Å². The average molecular weight is 396 g/mol. The Morgan fingerprint density at radius 3 is 2.24 bits per heavy atom. The number of allylic oxidation sites excluding steroid dienone is 2. The third kappa shape index (κ3) is 4.22. The number of nitrogens with one attached hydrogen (secondary N) is 1. The Kier molecular flexibility index (Phi) is 6.32. The summed E-state index contributed by atoms with van der Waals surface area (Å²) in [4.78, 5) is 35.8. The first-order valence-electron chi connectivity index (χ1n) is 8.34. The molecule has 1 N–H and O–H groups in total. The number of hydrogen-bond acceptors (Lipinski definition) is 9. The molecule has 0 saturated carbocycles. The van der Waals surface area contributed by atoms with E-state index in [1.807, 2.05) is 0 Å². The predicted molar refractivity (Wildman–Crippen MR) is 97.5 cm³/mol. The van der Waals surface area contributed by atoms with Gasteiger partial charge < -0.3 is 14.8 Å². The molecule has 29 heavy (non-hydrogen) atoms. The highest BCUT2D eigenvalue weighted by atomic mass is 16.6. The minimum atomic E-state index is -1.28. The Bertz CT molecular complexity index is 1030. The van der Waals surface area contributed by atoms with E-state index in [9.17, 15) is 30.2 Å². The van der Waals surface area contributed by atoms with E-state index in [4.69, 9.17) is 9.47 Å². The number of nitriles is 2. The molecule has 0 radical (unpaired) electrons. The zero-order chi connectivity index (χ0) is 21.7. The van der Waals surface area contributed by atoms with E-state index in [1.165, 1.54) is 18.2 Å². The molecule has 1 aliphatic rings. The van der Waals surface area contributed by atoms with E-state index >= 15 is 0 Å². The maximum atomic E-state index is 12.8. The van der Waals surface area contributed by atoms with E-state index in [2.05, 4.69) is 5.32 Å². The zero-order valence-electron chi connectivity index (χ0n) is 15.8. The van der Waals surface area contributed by atoms with Crippen LogP contribution >= 0.6 is 0 Å². The zero-order valence-corrected chi connectivity index (χ0v) is 15.8. The number of hydrogen-bond donors (Lipinski definition) is 1. The molecule has 0 bridgehead atoms. The largest absolute Gasteiger partial charge is 0.466 e. The first kappa shape index (κ1) is 21.1. The van der Waals surface area contributed by atoms with Gasteiger partial charge in [-0.1, -0.05) is 12.1 Å². The first-order chi connectivity index (χ1) is 13.7. The Morgan fingerprint density at radius 2 is 1.76 bits per heavy atom. The molecule has 1 aliphatic heterocycles. The first-order valence-corrected chi connectivity index (χ1v) is 8.34. The molecule has 10 heteroatoms. The number of carbonyl (C=O) groups is 2. The van der Waals surface area contributed by atoms with Crippen LogP contribution < -0.4 is 5.32 Å². The number of methoxy groups -OCH3 is 1. The number of carbonyl (C=O) groups excluding carboxylic acids is 2. The lowest BCUT2D eigenvalue weighted by molar-refractivity contribution is -0.384. The summed E-state index contributed by atoms with van der Waals surface area (Å²) in [6.45, 7) is 3.20. The topological polar surface area (TPSA) is 155 Å². The Balaban J connectivity index is 2.83. The highest BCUT2D eigenvalue weighted by Gasteiger charge is 2.41. The quantitative estimate of drug-likeness (QED) is 0.446. The maximum Gasteiger partial charge on any atom is 0.338 e. The van der Waals surface area contributed by atoms with Gasteiger partial charge in [0, 0.05) is 12.1 Å². The Labute approximate surface area is 165 Å². The SMILES string of the molecule is COC(=O)C1=C(C#N)NC(C#N)=C(C(=O)OC(C)C)C1c1cccc([N+](=O)[O-])c1. The van der Waals surface area contributed by atoms with Gasteiger partial charge in [0.1, 0.15) is 23.5 Å². The molecule has 0 fully saturated rings. The molecule has 1 atom stereocenters. The van der Waals surface area contributed by atoms with Crippen molar-refractivity contribution in [2.45, 2.75) is 25.9 Å². The van der Waals surface area contributed by atoms with Crippen molar-refractivity contribution in [3.8, 4) is 12.1 Å². The van der Waals surface area contributed by atoms with Crippen molar-refractivity contribution in [1.29, 1.82) is 10.5 Å². The number of dihydropyridines is 1. The number of esters is 2. The van der Waals surface area contributed by atoms with Gasteiger partial charge in [0.2, 0.25) is 0 Å². The molecule has 0 aliphatic carbocycles. The smallest absolute Gasteiger partial charge is 0.338 e. The van der Waals surface area contributed by atoms with Crippen LogP contribution in [-0.4, -0.2) is 30.1 Å². The van der Waals surface area contributed by atoms with Crippen LogP contribution in [-0.2, 0) is 19.1 Å². The fourth-order valence-electron chi connectivity index (χ4n) is 2.85. The number of nitrogens with zero attached hydrogens (tertiary/aromatic N) is 3. The average Bonchev–Trinajstić information content (AvgIpc) is 2.70. The Hall–Kier alpha value is -4.18. The summed E-state index contributed by atoms with van der Waals surface area (Å²) in [6.07, 6.45) is -0.538. The number of nitro benzene ring substituents is 1. The summed E-state index contributed by atoms with van der Waals surface area (Å²) in [5, 5.41) is 32.6. The van der Waals surface area contributed by atoms with Crippen LogP contribution in [0, 0.1) is 32.8 Å². The molecule has 1 heterocycles. The van der Waals surface area contributed by atoms with Gasteiger partial charge in [-0.05, 0) is 19.4 Å². The molecular weight excluding hydrogens is 380 g/mol. The fraction of sp³-hybridized carbons (Fsp3) is 0.263. The molecule has 0 aromatic heterocycles. The summed E-state index contributed by atoms with van der Waals surface area (Å²) in [5.74, 6) is -3.12. The van der Waals surface area contributed by atoms with Gasteiger partial charge in [0.05, 0.1) is 35.2 Å². The summed E-state index contributed by atoms with van der Waals surface area (Å²) >= 11 is 0. The minimum absolute atomic E-state index is 0.150. The number of ether oxygens (including phenoxy) is 2. The van der Waals surface area contributed by atoms with E-state index < -0.39 is 28.9 Å². The standard InChI is InChI=1S/C19H16N4O6/c1-10(2)29-19(25)17-14(9-21)22-13(8-20)16(18(24)28-3)15(17)11-5-4-6-12(7-11)23(26)27/h4-7,10,15,22H,1-3H3. The van der Waals surface area contributed by atoms with Crippen molar-refractivity contribution in [3.05, 3.63) is 62.5 Å². The van der Waals surface area contributed by atoms with Gasteiger partial charge in [-0.2, -0.15) is 10.5 Å². The van der Waals surface area contributed by atoms with Crippen LogP contribution in [0.4, 0.5) is 5.69 Å². The normalized spacial score (nSPS) is 15.9. The number of non-ortho nitro benzene ring substituents is 1. The summed E-state index contributed by atoms with van der Waals surface area (Å²) in [7, 11) is 1.09. The highest BCUT2D eigenvalue weighted by molar-refractivity contribution is 6.01. The van der Waals surface area contributed by atoms with Gasteiger partial charge in [0.25, 0.3) is 5.69 Å². The van der Waals surface area contributed by atoms with Crippen molar-refractivity contribution in [3.63, 3.8) is 0 Å². The molecular formula is C19H16N4O6. The second kappa shape index (κ2) is 8.67. The third-order valence-electron chi connectivity index (χ3n) is 3.97. The lowest BCUT2D eigenvalue weighted by Gasteiger charge is -2.28. The molecule has 148 valence electrons. The third-order valence-corrected chi connectivity index (χ3v) is 3.97. The van der Waals surface area contributed by atoms with Crippen LogP contribution in [0.5, 0.6) is 0 Å². The molecule has 10 nitrogen and oxygen atoms in total. The van der Waals surface area contributed by atoms with Gasteiger partial charge in [-0.15, -0.1) is 0 Å². The molecule has 1 aromatic carbocycles. The summed E-state index contributed by atoms with van der Waals surface area (Å²) in [5.41, 5.74) is -1.25. The molecule has 0 spiro atoms. The van der Waals surface area contributed by atoms with Gasteiger partial charge in [0.15, 0.2) is 0 Å². The van der Waals surface area contributed by atoms with E-state index in [0.29, 0.717) is 0 Å². The van der Waals surface area contributed by atoms with Crippen LogP contribution in [0.2, 0.25) is 0 Å². The van der Waals surface area contributed by atoms with Crippen LogP contribution in [0.3, 0.4) is 0 Å². The second-order valence-corrected chi connectivity index (χ2v) is 6.16. The van der Waals surface area contributed by atoms with Gasteiger partial charge in [-0.3, -0.25) is 10.1 Å². The lowest BCUT2D eigenvalue weighted by Crippen LogP contribution is -2.33. The van der Waals surface area contributed by atoms with E-state index in [-0.39, 0.29) is 33.8 Å². The van der Waals surface area contributed by atoms with E-state index in [0.717, 1.165) is 13.2 Å². The molecule has 0 saturated heterocycles. The van der Waals surface area contributed by atoms with Crippen molar-refractivity contribution in [1.82, 2.24) is 5.32 Å². The molecule has 2 rings (SSSR count).